The third-order valence-electron chi connectivity index (χ3n) is 7.77. The van der Waals surface area contributed by atoms with Gasteiger partial charge in [-0.15, -0.1) is 0 Å². The zero-order valence-corrected chi connectivity index (χ0v) is 22.2. The van der Waals surface area contributed by atoms with Gasteiger partial charge in [-0.25, -0.2) is 9.97 Å². The quantitative estimate of drug-likeness (QED) is 0.487. The number of fused-ring (bicyclic) bond motifs is 2. The largest absolute Gasteiger partial charge is 0.394 e. The molecule has 0 spiro atoms. The maximum absolute atomic E-state index is 13.4. The van der Waals surface area contributed by atoms with Crippen LogP contribution in [0.25, 0.3) is 11.3 Å². The zero-order valence-electron chi connectivity index (χ0n) is 21.5. The summed E-state index contributed by atoms with van der Waals surface area (Å²) < 4.78 is 5.42. The molecule has 6 rings (SSSR count). The van der Waals surface area contributed by atoms with Gasteiger partial charge in [0, 0.05) is 43.5 Å². The number of hydrogen-bond donors (Lipinski definition) is 2. The van der Waals surface area contributed by atoms with Crippen LogP contribution in [0.2, 0.25) is 5.02 Å². The highest BCUT2D eigenvalue weighted by molar-refractivity contribution is 6.33. The van der Waals surface area contributed by atoms with Gasteiger partial charge < -0.3 is 25.0 Å². The summed E-state index contributed by atoms with van der Waals surface area (Å²) >= 11 is 6.47. The van der Waals surface area contributed by atoms with Crippen molar-refractivity contribution in [1.29, 1.82) is 0 Å². The summed E-state index contributed by atoms with van der Waals surface area (Å²) in [6, 6.07) is 13.5. The molecular formula is C29H30ClN5O4. The summed E-state index contributed by atoms with van der Waals surface area (Å²) in [5.41, 5.74) is 4.87. The molecule has 3 aromatic rings. The maximum Gasteiger partial charge on any atom is 0.254 e. The van der Waals surface area contributed by atoms with Crippen molar-refractivity contribution in [2.24, 2.45) is 0 Å². The van der Waals surface area contributed by atoms with Gasteiger partial charge in [0.2, 0.25) is 11.9 Å². The number of hydrogen-bond acceptors (Lipinski definition) is 7. The number of aliphatic hydroxyl groups is 1. The van der Waals surface area contributed by atoms with Crippen LogP contribution in [0.15, 0.2) is 48.7 Å². The Balaban J connectivity index is 1.18. The maximum atomic E-state index is 13.4. The summed E-state index contributed by atoms with van der Waals surface area (Å²) in [4.78, 5) is 38.9. The Labute approximate surface area is 231 Å². The van der Waals surface area contributed by atoms with Crippen LogP contribution in [0.5, 0.6) is 0 Å². The van der Waals surface area contributed by atoms with E-state index in [1.54, 1.807) is 22.1 Å². The van der Waals surface area contributed by atoms with E-state index in [0.29, 0.717) is 60.5 Å². The Hall–Kier alpha value is -3.53. The molecule has 2 aromatic carbocycles. The number of halogens is 1. The third-order valence-corrected chi connectivity index (χ3v) is 8.05. The fourth-order valence-corrected chi connectivity index (χ4v) is 5.80. The minimum atomic E-state index is -0.303. The fraction of sp³-hybridized carbons (Fsp3) is 0.379. The predicted molar refractivity (Wildman–Crippen MR) is 146 cm³/mol. The first-order valence-corrected chi connectivity index (χ1v) is 13.6. The number of nitrogens with one attached hydrogen (secondary N) is 1. The van der Waals surface area contributed by atoms with Crippen molar-refractivity contribution in [3.05, 3.63) is 75.9 Å². The fourth-order valence-electron chi connectivity index (χ4n) is 5.60. The highest BCUT2D eigenvalue weighted by atomic mass is 35.5. The molecule has 2 N–H and O–H groups in total. The van der Waals surface area contributed by atoms with Crippen molar-refractivity contribution in [1.82, 2.24) is 19.8 Å². The number of anilines is 1. The number of aliphatic hydroxyl groups excluding tert-OH is 1. The van der Waals surface area contributed by atoms with Crippen LogP contribution in [-0.2, 0) is 29.0 Å². The standard InChI is InChI=1S/C29H30ClN5O4/c30-25-13-31-29(32-22-7-9-39-10-8-22)33-27(25)19-5-6-21-14-34(28(38)24(21)12-19)16-26(37)35-15-20-4-2-1-3-18(20)11-23(35)17-36/h1-6,12-13,22-23,36H,7-11,14-17H2,(H,31,32,33)/t23-/m1/s1. The zero-order chi connectivity index (χ0) is 26.9. The molecule has 3 aliphatic rings. The first-order chi connectivity index (χ1) is 19.0. The molecule has 0 aliphatic carbocycles. The van der Waals surface area contributed by atoms with Crippen LogP contribution >= 0.6 is 11.6 Å². The number of ether oxygens (including phenoxy) is 1. The number of amides is 2. The molecule has 1 saturated heterocycles. The first kappa shape index (κ1) is 25.7. The van der Waals surface area contributed by atoms with Crippen LogP contribution in [0, 0.1) is 0 Å². The van der Waals surface area contributed by atoms with Crippen molar-refractivity contribution in [3.63, 3.8) is 0 Å². The highest BCUT2D eigenvalue weighted by Gasteiger charge is 2.34. The van der Waals surface area contributed by atoms with Crippen molar-refractivity contribution >= 4 is 29.4 Å². The van der Waals surface area contributed by atoms with Crippen LogP contribution in [0.3, 0.4) is 0 Å². The summed E-state index contributed by atoms with van der Waals surface area (Å²) in [6.07, 6.45) is 3.93. The van der Waals surface area contributed by atoms with E-state index in [0.717, 1.165) is 29.5 Å². The molecule has 2 amide bonds. The number of carbonyl (C=O) groups is 2. The van der Waals surface area contributed by atoms with E-state index in [4.69, 9.17) is 16.3 Å². The van der Waals surface area contributed by atoms with Gasteiger partial charge in [0.05, 0.1) is 29.6 Å². The molecule has 0 radical (unpaired) electrons. The van der Waals surface area contributed by atoms with Gasteiger partial charge >= 0.3 is 0 Å². The van der Waals surface area contributed by atoms with Crippen molar-refractivity contribution in [2.45, 2.75) is 44.4 Å². The van der Waals surface area contributed by atoms with E-state index in [2.05, 4.69) is 15.3 Å². The Morgan fingerprint density at radius 3 is 2.69 bits per heavy atom. The topological polar surface area (TPSA) is 108 Å². The third kappa shape index (κ3) is 5.22. The average molecular weight is 548 g/mol. The van der Waals surface area contributed by atoms with Crippen LogP contribution in [0.1, 0.15) is 39.9 Å². The van der Waals surface area contributed by atoms with Gasteiger partial charge in [0.25, 0.3) is 5.91 Å². The summed E-state index contributed by atoms with van der Waals surface area (Å²) in [5, 5.41) is 13.7. The summed E-state index contributed by atoms with van der Waals surface area (Å²) in [5.74, 6) is 0.110. The van der Waals surface area contributed by atoms with Gasteiger partial charge in [-0.3, -0.25) is 9.59 Å². The smallest absolute Gasteiger partial charge is 0.254 e. The van der Waals surface area contributed by atoms with Crippen LogP contribution in [-0.4, -0.2) is 75.1 Å². The lowest BCUT2D eigenvalue weighted by molar-refractivity contribution is -0.136. The minimum Gasteiger partial charge on any atom is -0.394 e. The van der Waals surface area contributed by atoms with Crippen molar-refractivity contribution in [2.75, 3.05) is 31.7 Å². The second-order valence-corrected chi connectivity index (χ2v) is 10.7. The average Bonchev–Trinajstić information content (AvgIpc) is 3.27. The molecule has 0 saturated carbocycles. The molecule has 1 fully saturated rings. The second-order valence-electron chi connectivity index (χ2n) is 10.3. The monoisotopic (exact) mass is 547 g/mol. The SMILES string of the molecule is O=C1c2cc(-c3nc(NC4CCOCC4)ncc3Cl)ccc2CN1CC(=O)N1Cc2ccccc2C[C@@H]1CO. The van der Waals surface area contributed by atoms with Gasteiger partial charge in [-0.05, 0) is 42.0 Å². The van der Waals surface area contributed by atoms with Gasteiger partial charge in [-0.2, -0.15) is 0 Å². The molecule has 9 nitrogen and oxygen atoms in total. The molecule has 1 aromatic heterocycles. The number of nitrogens with zero attached hydrogens (tertiary/aromatic N) is 4. The van der Waals surface area contributed by atoms with Crippen molar-refractivity contribution in [3.8, 4) is 11.3 Å². The number of benzene rings is 2. The molecular weight excluding hydrogens is 518 g/mol. The van der Waals surface area contributed by atoms with E-state index in [1.165, 1.54) is 0 Å². The lowest BCUT2D eigenvalue weighted by Crippen LogP contribution is -2.49. The van der Waals surface area contributed by atoms with E-state index in [9.17, 15) is 14.7 Å². The lowest BCUT2D eigenvalue weighted by Gasteiger charge is -2.36. The number of carbonyl (C=O) groups excluding carboxylic acids is 2. The molecule has 10 heteroatoms. The van der Waals surface area contributed by atoms with Crippen LogP contribution < -0.4 is 5.32 Å². The molecule has 202 valence electrons. The van der Waals surface area contributed by atoms with Gasteiger partial charge in [-0.1, -0.05) is 48.0 Å². The Morgan fingerprint density at radius 1 is 1.10 bits per heavy atom. The second kappa shape index (κ2) is 10.9. The van der Waals surface area contributed by atoms with E-state index in [-0.39, 0.29) is 37.0 Å². The van der Waals surface area contributed by atoms with E-state index >= 15 is 0 Å². The van der Waals surface area contributed by atoms with E-state index in [1.807, 2.05) is 36.4 Å². The normalized spacial score (nSPS) is 19.1. The minimum absolute atomic E-state index is 0.0467. The first-order valence-electron chi connectivity index (χ1n) is 13.3. The van der Waals surface area contributed by atoms with E-state index < -0.39 is 0 Å². The number of aromatic nitrogens is 2. The summed E-state index contributed by atoms with van der Waals surface area (Å²) in [6.45, 7) is 2.02. The molecule has 4 heterocycles. The predicted octanol–water partition coefficient (Wildman–Crippen LogP) is 3.29. The molecule has 3 aliphatic heterocycles. The number of rotatable bonds is 6. The summed E-state index contributed by atoms with van der Waals surface area (Å²) in [7, 11) is 0. The molecule has 1 atom stereocenters. The van der Waals surface area contributed by atoms with Crippen molar-refractivity contribution < 1.29 is 19.4 Å². The van der Waals surface area contributed by atoms with Gasteiger partial charge in [0.1, 0.15) is 6.54 Å². The van der Waals surface area contributed by atoms with Crippen LogP contribution in [0.4, 0.5) is 5.95 Å². The highest BCUT2D eigenvalue weighted by Crippen LogP contribution is 2.32. The molecule has 0 bridgehead atoms. The van der Waals surface area contributed by atoms with Gasteiger partial charge in [0.15, 0.2) is 0 Å². The lowest BCUT2D eigenvalue weighted by atomic mass is 9.94. The molecule has 39 heavy (non-hydrogen) atoms. The Kier molecular flexibility index (Phi) is 7.20. The Bertz CT molecular complexity index is 1410. The molecule has 0 unspecified atom stereocenters. The Morgan fingerprint density at radius 2 is 1.90 bits per heavy atom.